The number of sulfonamides is 1. The number of aryl methyl sites for hydroxylation is 2. The molecule has 1 aliphatic heterocycles. The molecule has 1 aromatic heterocycles. The van der Waals surface area contributed by atoms with Crippen molar-refractivity contribution >= 4 is 27.7 Å². The first-order valence-electron chi connectivity index (χ1n) is 10.7. The quantitative estimate of drug-likeness (QED) is 0.370. The zero-order valence-corrected chi connectivity index (χ0v) is 20.3. The molecule has 9 heteroatoms. The number of benzene rings is 3. The highest BCUT2D eigenvalue weighted by molar-refractivity contribution is 7.99. The predicted molar refractivity (Wildman–Crippen MR) is 132 cm³/mol. The molecule has 34 heavy (non-hydrogen) atoms. The fourth-order valence-electron chi connectivity index (χ4n) is 3.85. The Bertz CT molecular complexity index is 1480. The van der Waals surface area contributed by atoms with Crippen LogP contribution in [0, 0.1) is 13.8 Å². The topological polar surface area (TPSA) is 85.2 Å². The molecule has 0 bridgehead atoms. The number of rotatable bonds is 6. The van der Waals surface area contributed by atoms with Crippen molar-refractivity contribution in [3.05, 3.63) is 89.5 Å². The first kappa shape index (κ1) is 22.4. The van der Waals surface area contributed by atoms with E-state index in [1.165, 1.54) is 17.8 Å². The van der Waals surface area contributed by atoms with Gasteiger partial charge in [0.1, 0.15) is 4.90 Å². The SMILES string of the molecule is Cc1ccc(-c2nnc(SCCN3C(=O)c4ccccc4S3(=O)=O)n2-c2ccc(C)cc2)cc1. The standard InChI is InChI=1S/C25H22N4O3S2/c1-17-7-11-19(12-8-17)23-26-27-25(29(23)20-13-9-18(2)10-14-20)33-16-15-28-24(30)21-5-3-4-6-22(21)34(28,31)32/h3-14H,15-16H2,1-2H3. The first-order chi connectivity index (χ1) is 16.4. The second-order valence-electron chi connectivity index (χ2n) is 8.07. The summed E-state index contributed by atoms with van der Waals surface area (Å²) in [6.45, 7) is 4.10. The van der Waals surface area contributed by atoms with Crippen LogP contribution in [0.4, 0.5) is 0 Å². The smallest absolute Gasteiger partial charge is 0.269 e. The highest BCUT2D eigenvalue weighted by atomic mass is 32.2. The number of amides is 1. The van der Waals surface area contributed by atoms with Gasteiger partial charge in [-0.05, 0) is 38.1 Å². The highest BCUT2D eigenvalue weighted by Gasteiger charge is 2.40. The molecule has 3 aromatic carbocycles. The maximum atomic E-state index is 12.8. The minimum atomic E-state index is -3.83. The zero-order valence-electron chi connectivity index (χ0n) is 18.7. The number of carbonyl (C=O) groups excluding carboxylic acids is 1. The molecule has 0 atom stereocenters. The van der Waals surface area contributed by atoms with Crippen LogP contribution in [-0.2, 0) is 10.0 Å². The van der Waals surface area contributed by atoms with Gasteiger partial charge >= 0.3 is 0 Å². The van der Waals surface area contributed by atoms with Crippen LogP contribution in [0.15, 0.2) is 82.8 Å². The molecule has 0 unspecified atom stereocenters. The van der Waals surface area contributed by atoms with E-state index in [1.54, 1.807) is 18.2 Å². The first-order valence-corrected chi connectivity index (χ1v) is 13.2. The van der Waals surface area contributed by atoms with Crippen molar-refractivity contribution in [2.24, 2.45) is 0 Å². The number of thioether (sulfide) groups is 1. The molecule has 2 heterocycles. The van der Waals surface area contributed by atoms with E-state index in [0.29, 0.717) is 16.7 Å². The largest absolute Gasteiger partial charge is 0.270 e. The van der Waals surface area contributed by atoms with E-state index in [9.17, 15) is 13.2 Å². The van der Waals surface area contributed by atoms with Crippen molar-refractivity contribution < 1.29 is 13.2 Å². The Morgan fingerprint density at radius 3 is 2.18 bits per heavy atom. The van der Waals surface area contributed by atoms with E-state index in [0.717, 1.165) is 26.7 Å². The predicted octanol–water partition coefficient (Wildman–Crippen LogP) is 4.49. The molecule has 0 spiro atoms. The third-order valence-corrected chi connectivity index (χ3v) is 8.42. The Balaban J connectivity index is 1.43. The molecule has 1 amide bonds. The van der Waals surface area contributed by atoms with Gasteiger partial charge in [0.05, 0.1) is 5.56 Å². The van der Waals surface area contributed by atoms with Gasteiger partial charge in [-0.3, -0.25) is 9.36 Å². The molecule has 0 radical (unpaired) electrons. The second kappa shape index (κ2) is 8.73. The van der Waals surface area contributed by atoms with Gasteiger partial charge in [0, 0.05) is 23.5 Å². The zero-order chi connectivity index (χ0) is 23.9. The third-order valence-electron chi connectivity index (χ3n) is 5.67. The number of carbonyl (C=O) groups is 1. The monoisotopic (exact) mass is 490 g/mol. The molecule has 0 fully saturated rings. The molecule has 4 aromatic rings. The maximum Gasteiger partial charge on any atom is 0.269 e. The Kier molecular flexibility index (Phi) is 5.75. The summed E-state index contributed by atoms with van der Waals surface area (Å²) in [4.78, 5) is 12.8. The summed E-state index contributed by atoms with van der Waals surface area (Å²) in [7, 11) is -3.83. The Hall–Kier alpha value is -3.43. The molecular weight excluding hydrogens is 468 g/mol. The van der Waals surface area contributed by atoms with E-state index in [-0.39, 0.29) is 17.0 Å². The minimum absolute atomic E-state index is 0.0428. The molecule has 0 aliphatic carbocycles. The molecule has 172 valence electrons. The minimum Gasteiger partial charge on any atom is -0.270 e. The fraction of sp³-hybridized carbons (Fsp3) is 0.160. The van der Waals surface area contributed by atoms with Crippen LogP contribution in [0.1, 0.15) is 21.5 Å². The van der Waals surface area contributed by atoms with Crippen molar-refractivity contribution in [1.82, 2.24) is 19.1 Å². The molecule has 0 saturated carbocycles. The lowest BCUT2D eigenvalue weighted by atomic mass is 10.1. The third kappa shape index (κ3) is 3.91. The van der Waals surface area contributed by atoms with Crippen LogP contribution >= 0.6 is 11.8 Å². The Morgan fingerprint density at radius 1 is 0.853 bits per heavy atom. The van der Waals surface area contributed by atoms with Crippen LogP contribution in [0.3, 0.4) is 0 Å². The summed E-state index contributed by atoms with van der Waals surface area (Å²) in [6, 6.07) is 22.4. The summed E-state index contributed by atoms with van der Waals surface area (Å²) in [6.07, 6.45) is 0. The molecule has 1 aliphatic rings. The fourth-order valence-corrected chi connectivity index (χ4v) is 6.41. The van der Waals surface area contributed by atoms with Crippen molar-refractivity contribution in [2.45, 2.75) is 23.9 Å². The van der Waals surface area contributed by atoms with Crippen LogP contribution < -0.4 is 0 Å². The maximum absolute atomic E-state index is 12.8. The molecular formula is C25H22N4O3S2. The molecule has 0 N–H and O–H groups in total. The van der Waals surface area contributed by atoms with Gasteiger partial charge in [-0.2, -0.15) is 0 Å². The van der Waals surface area contributed by atoms with E-state index >= 15 is 0 Å². The van der Waals surface area contributed by atoms with Crippen LogP contribution in [0.5, 0.6) is 0 Å². The average Bonchev–Trinajstić information content (AvgIpc) is 3.33. The number of hydrogen-bond acceptors (Lipinski definition) is 6. The van der Waals surface area contributed by atoms with Gasteiger partial charge < -0.3 is 0 Å². The average molecular weight is 491 g/mol. The number of fused-ring (bicyclic) bond motifs is 1. The van der Waals surface area contributed by atoms with Crippen molar-refractivity contribution in [3.8, 4) is 17.1 Å². The lowest BCUT2D eigenvalue weighted by molar-refractivity contribution is 0.0876. The van der Waals surface area contributed by atoms with Gasteiger partial charge in [-0.15, -0.1) is 10.2 Å². The normalized spacial score (nSPS) is 14.4. The highest BCUT2D eigenvalue weighted by Crippen LogP contribution is 2.32. The number of nitrogens with zero attached hydrogens (tertiary/aromatic N) is 4. The van der Waals surface area contributed by atoms with E-state index in [4.69, 9.17) is 0 Å². The Labute approximate surface area is 202 Å². The van der Waals surface area contributed by atoms with Gasteiger partial charge in [-0.1, -0.05) is 71.4 Å². The Morgan fingerprint density at radius 2 is 1.50 bits per heavy atom. The lowest BCUT2D eigenvalue weighted by Crippen LogP contribution is -2.32. The van der Waals surface area contributed by atoms with Crippen molar-refractivity contribution in [3.63, 3.8) is 0 Å². The molecule has 7 nitrogen and oxygen atoms in total. The van der Waals surface area contributed by atoms with Crippen LogP contribution in [0.2, 0.25) is 0 Å². The van der Waals surface area contributed by atoms with Crippen LogP contribution in [-0.4, -0.2) is 45.7 Å². The summed E-state index contributed by atoms with van der Waals surface area (Å²) in [5.41, 5.74) is 4.35. The molecule has 0 saturated heterocycles. The lowest BCUT2D eigenvalue weighted by Gasteiger charge is -2.15. The number of hydrogen-bond donors (Lipinski definition) is 0. The summed E-state index contributed by atoms with van der Waals surface area (Å²) >= 11 is 1.36. The van der Waals surface area contributed by atoms with Gasteiger partial charge in [0.25, 0.3) is 15.9 Å². The van der Waals surface area contributed by atoms with E-state index in [2.05, 4.69) is 10.2 Å². The summed E-state index contributed by atoms with van der Waals surface area (Å²) in [5, 5.41) is 9.46. The second-order valence-corrected chi connectivity index (χ2v) is 11.0. The van der Waals surface area contributed by atoms with Crippen molar-refractivity contribution in [1.29, 1.82) is 0 Å². The summed E-state index contributed by atoms with van der Waals surface area (Å²) < 4.78 is 28.6. The van der Waals surface area contributed by atoms with Gasteiger partial charge in [-0.25, -0.2) is 12.7 Å². The van der Waals surface area contributed by atoms with Gasteiger partial charge in [0.2, 0.25) is 0 Å². The number of aromatic nitrogens is 3. The van der Waals surface area contributed by atoms with Crippen molar-refractivity contribution in [2.75, 3.05) is 12.3 Å². The van der Waals surface area contributed by atoms with Crippen LogP contribution in [0.25, 0.3) is 17.1 Å². The van der Waals surface area contributed by atoms with Gasteiger partial charge in [0.15, 0.2) is 11.0 Å². The van der Waals surface area contributed by atoms with E-state index in [1.807, 2.05) is 66.9 Å². The van der Waals surface area contributed by atoms with E-state index < -0.39 is 15.9 Å². The summed E-state index contributed by atoms with van der Waals surface area (Å²) in [5.74, 6) is 0.553. The molecule has 5 rings (SSSR count).